The minimum atomic E-state index is -0.652. The van der Waals surface area contributed by atoms with Gasteiger partial charge in [0.05, 0.1) is 7.11 Å². The van der Waals surface area contributed by atoms with Gasteiger partial charge in [0.1, 0.15) is 17.4 Å². The van der Waals surface area contributed by atoms with E-state index in [0.29, 0.717) is 0 Å². The molecule has 1 aromatic rings. The largest absolute Gasteiger partial charge is 0.497 e. The summed E-state index contributed by atoms with van der Waals surface area (Å²) in [4.78, 5) is 0. The Hall–Kier alpha value is -1.16. The lowest BCUT2D eigenvalue weighted by atomic mass is 9.86. The van der Waals surface area contributed by atoms with Gasteiger partial charge in [-0.2, -0.15) is 0 Å². The van der Waals surface area contributed by atoms with E-state index in [1.807, 2.05) is 20.8 Å². The Labute approximate surface area is 101 Å². The summed E-state index contributed by atoms with van der Waals surface area (Å²) in [5.74, 6) is -0.893. The number of methoxy groups -OCH3 is 1. The summed E-state index contributed by atoms with van der Waals surface area (Å²) in [7, 11) is 1.37. The van der Waals surface area contributed by atoms with Crippen molar-refractivity contribution < 1.29 is 13.5 Å². The predicted molar refractivity (Wildman–Crippen MR) is 63.8 cm³/mol. The molecule has 0 spiro atoms. The lowest BCUT2D eigenvalue weighted by Gasteiger charge is -2.24. The van der Waals surface area contributed by atoms with Gasteiger partial charge in [0.2, 0.25) is 0 Å². The normalized spacial score (nSPS) is 14.8. The molecule has 0 heterocycles. The number of nitrogens with two attached hydrogens (primary N) is 1. The van der Waals surface area contributed by atoms with Crippen molar-refractivity contribution >= 4 is 0 Å². The Balaban J connectivity index is 3.14. The summed E-state index contributed by atoms with van der Waals surface area (Å²) in [5, 5.41) is 0. The summed E-state index contributed by atoms with van der Waals surface area (Å²) in [5.41, 5.74) is 5.85. The van der Waals surface area contributed by atoms with Gasteiger partial charge in [-0.15, -0.1) is 0 Å². The number of ether oxygens (including phenoxy) is 1. The molecule has 96 valence electrons. The maximum Gasteiger partial charge on any atom is 0.134 e. The third kappa shape index (κ3) is 2.94. The summed E-state index contributed by atoms with van der Waals surface area (Å²) in [6.45, 7) is 5.84. The van der Waals surface area contributed by atoms with E-state index in [1.165, 1.54) is 7.11 Å². The predicted octanol–water partition coefficient (Wildman–Crippen LogP) is 3.27. The molecule has 4 heteroatoms. The van der Waals surface area contributed by atoms with E-state index in [-0.39, 0.29) is 23.1 Å². The Bertz CT molecular complexity index is 370. The van der Waals surface area contributed by atoms with Crippen LogP contribution in [0.3, 0.4) is 0 Å². The summed E-state index contributed by atoms with van der Waals surface area (Å²) < 4.78 is 32.3. The van der Waals surface area contributed by atoms with Gasteiger partial charge in [0.15, 0.2) is 0 Å². The molecule has 2 atom stereocenters. The minimum absolute atomic E-state index is 0.00704. The van der Waals surface area contributed by atoms with E-state index in [0.717, 1.165) is 12.1 Å². The van der Waals surface area contributed by atoms with Crippen LogP contribution in [0, 0.1) is 23.5 Å². The van der Waals surface area contributed by atoms with Gasteiger partial charge >= 0.3 is 0 Å². The first kappa shape index (κ1) is 13.9. The molecule has 0 amide bonds. The highest BCUT2D eigenvalue weighted by molar-refractivity contribution is 5.32. The molecule has 0 aliphatic rings. The van der Waals surface area contributed by atoms with Crippen molar-refractivity contribution in [3.05, 3.63) is 29.3 Å². The Morgan fingerprint density at radius 1 is 1.12 bits per heavy atom. The van der Waals surface area contributed by atoms with Gasteiger partial charge in [0, 0.05) is 23.7 Å². The Morgan fingerprint density at radius 3 is 1.94 bits per heavy atom. The molecule has 0 aliphatic carbocycles. The van der Waals surface area contributed by atoms with E-state index in [1.54, 1.807) is 0 Å². The second kappa shape index (κ2) is 5.45. The standard InChI is InChI=1S/C13H19F2NO/c1-7(2)8(3)13(16)12-10(14)5-9(17-4)6-11(12)15/h5-8,13H,16H2,1-4H3. The topological polar surface area (TPSA) is 35.2 Å². The lowest BCUT2D eigenvalue weighted by Crippen LogP contribution is -2.25. The molecule has 0 aliphatic heterocycles. The maximum absolute atomic E-state index is 13.8. The van der Waals surface area contributed by atoms with Crippen molar-refractivity contribution in [1.82, 2.24) is 0 Å². The summed E-state index contributed by atoms with van der Waals surface area (Å²) >= 11 is 0. The summed E-state index contributed by atoms with van der Waals surface area (Å²) in [6.07, 6.45) is 0. The van der Waals surface area contributed by atoms with Gasteiger partial charge in [-0.3, -0.25) is 0 Å². The zero-order valence-corrected chi connectivity index (χ0v) is 10.6. The number of benzene rings is 1. The molecule has 17 heavy (non-hydrogen) atoms. The fourth-order valence-corrected chi connectivity index (χ4v) is 1.67. The molecule has 0 bridgehead atoms. The molecule has 0 fully saturated rings. The third-order valence-corrected chi connectivity index (χ3v) is 3.24. The van der Waals surface area contributed by atoms with E-state index >= 15 is 0 Å². The first-order valence-corrected chi connectivity index (χ1v) is 5.67. The Morgan fingerprint density at radius 2 is 1.59 bits per heavy atom. The smallest absolute Gasteiger partial charge is 0.134 e. The zero-order valence-electron chi connectivity index (χ0n) is 10.6. The molecule has 2 unspecified atom stereocenters. The lowest BCUT2D eigenvalue weighted by molar-refractivity contribution is 0.334. The highest BCUT2D eigenvalue weighted by atomic mass is 19.1. The van der Waals surface area contributed by atoms with Crippen LogP contribution in [0.1, 0.15) is 32.4 Å². The number of hydrogen-bond acceptors (Lipinski definition) is 2. The van der Waals surface area contributed by atoms with Gasteiger partial charge in [-0.25, -0.2) is 8.78 Å². The van der Waals surface area contributed by atoms with Gasteiger partial charge in [0.25, 0.3) is 0 Å². The van der Waals surface area contributed by atoms with Crippen molar-refractivity contribution in [2.24, 2.45) is 17.6 Å². The fourth-order valence-electron chi connectivity index (χ4n) is 1.67. The monoisotopic (exact) mass is 243 g/mol. The van der Waals surface area contributed by atoms with Crippen molar-refractivity contribution in [2.45, 2.75) is 26.8 Å². The van der Waals surface area contributed by atoms with Crippen LogP contribution in [0.15, 0.2) is 12.1 Å². The molecular weight excluding hydrogens is 224 g/mol. The van der Waals surface area contributed by atoms with Crippen LogP contribution in [-0.4, -0.2) is 7.11 Å². The molecule has 2 N–H and O–H groups in total. The zero-order chi connectivity index (χ0) is 13.2. The molecule has 0 saturated heterocycles. The van der Waals surface area contributed by atoms with Crippen molar-refractivity contribution in [3.8, 4) is 5.75 Å². The fraction of sp³-hybridized carbons (Fsp3) is 0.538. The average molecular weight is 243 g/mol. The molecular formula is C13H19F2NO. The first-order valence-electron chi connectivity index (χ1n) is 5.67. The number of hydrogen-bond donors (Lipinski definition) is 1. The third-order valence-electron chi connectivity index (χ3n) is 3.24. The van der Waals surface area contributed by atoms with E-state index in [4.69, 9.17) is 10.5 Å². The van der Waals surface area contributed by atoms with Crippen LogP contribution in [0.2, 0.25) is 0 Å². The highest BCUT2D eigenvalue weighted by Gasteiger charge is 2.24. The summed E-state index contributed by atoms with van der Waals surface area (Å²) in [6, 6.07) is 1.66. The first-order chi connectivity index (χ1) is 7.88. The van der Waals surface area contributed by atoms with Gasteiger partial charge in [-0.05, 0) is 11.8 Å². The van der Waals surface area contributed by atoms with E-state index < -0.39 is 17.7 Å². The minimum Gasteiger partial charge on any atom is -0.497 e. The average Bonchev–Trinajstić information content (AvgIpc) is 2.26. The Kier molecular flexibility index (Phi) is 4.46. The molecule has 0 aromatic heterocycles. The second-order valence-electron chi connectivity index (χ2n) is 4.63. The maximum atomic E-state index is 13.8. The van der Waals surface area contributed by atoms with Crippen LogP contribution in [0.25, 0.3) is 0 Å². The SMILES string of the molecule is COc1cc(F)c(C(N)C(C)C(C)C)c(F)c1. The van der Waals surface area contributed by atoms with Gasteiger partial charge < -0.3 is 10.5 Å². The van der Waals surface area contributed by atoms with Crippen molar-refractivity contribution in [3.63, 3.8) is 0 Å². The van der Waals surface area contributed by atoms with Crippen LogP contribution in [0.4, 0.5) is 8.78 Å². The van der Waals surface area contributed by atoms with Gasteiger partial charge in [-0.1, -0.05) is 20.8 Å². The van der Waals surface area contributed by atoms with Crippen LogP contribution >= 0.6 is 0 Å². The highest BCUT2D eigenvalue weighted by Crippen LogP contribution is 2.31. The van der Waals surface area contributed by atoms with E-state index in [2.05, 4.69) is 0 Å². The number of rotatable bonds is 4. The van der Waals surface area contributed by atoms with Crippen molar-refractivity contribution in [1.29, 1.82) is 0 Å². The van der Waals surface area contributed by atoms with E-state index in [9.17, 15) is 8.78 Å². The quantitative estimate of drug-likeness (QED) is 0.880. The molecule has 1 rings (SSSR count). The second-order valence-corrected chi connectivity index (χ2v) is 4.63. The van der Waals surface area contributed by atoms with Crippen LogP contribution < -0.4 is 10.5 Å². The number of halogens is 2. The molecule has 1 aromatic carbocycles. The van der Waals surface area contributed by atoms with Crippen LogP contribution in [0.5, 0.6) is 5.75 Å². The molecule has 2 nitrogen and oxygen atoms in total. The van der Waals surface area contributed by atoms with Crippen LogP contribution in [-0.2, 0) is 0 Å². The molecule has 0 radical (unpaired) electrons. The van der Waals surface area contributed by atoms with Crippen molar-refractivity contribution in [2.75, 3.05) is 7.11 Å². The molecule has 0 saturated carbocycles.